The number of hydrogen-bond donors (Lipinski definition) is 1. The van der Waals surface area contributed by atoms with Crippen LogP contribution in [-0.2, 0) is 6.54 Å². The molecule has 2 aromatic carbocycles. The molecule has 0 unspecified atom stereocenters. The Bertz CT molecular complexity index is 581. The Balaban J connectivity index is 2.24. The fourth-order valence-corrected chi connectivity index (χ4v) is 3.10. The molecule has 1 N–H and O–H groups in total. The number of nitrogens with one attached hydrogen (secondary N) is 1. The average molecular weight is 306 g/mol. The van der Waals surface area contributed by atoms with Gasteiger partial charge in [0.2, 0.25) is 0 Å². The molecule has 20 heavy (non-hydrogen) atoms. The van der Waals surface area contributed by atoms with E-state index in [9.17, 15) is 0 Å². The number of halogens is 1. The van der Waals surface area contributed by atoms with Crippen molar-refractivity contribution in [3.63, 3.8) is 0 Å². The van der Waals surface area contributed by atoms with Gasteiger partial charge < -0.3 is 5.32 Å². The van der Waals surface area contributed by atoms with Gasteiger partial charge in [-0.1, -0.05) is 67.0 Å². The predicted octanol–water partition coefficient (Wildman–Crippen LogP) is 5.30. The summed E-state index contributed by atoms with van der Waals surface area (Å²) >= 11 is 7.98. The van der Waals surface area contributed by atoms with Crippen molar-refractivity contribution >= 4 is 23.4 Å². The Kier molecular flexibility index (Phi) is 5.53. The Morgan fingerprint density at radius 1 is 1.10 bits per heavy atom. The molecule has 0 spiro atoms. The van der Waals surface area contributed by atoms with Crippen molar-refractivity contribution in [1.29, 1.82) is 0 Å². The zero-order chi connectivity index (χ0) is 14.5. The van der Waals surface area contributed by atoms with Gasteiger partial charge in [-0.05, 0) is 30.7 Å². The minimum Gasteiger partial charge on any atom is -0.310 e. The van der Waals surface area contributed by atoms with Crippen LogP contribution in [0.2, 0.25) is 5.02 Å². The summed E-state index contributed by atoms with van der Waals surface area (Å²) in [6, 6.07) is 15.0. The molecule has 106 valence electrons. The van der Waals surface area contributed by atoms with Crippen molar-refractivity contribution < 1.29 is 0 Å². The van der Waals surface area contributed by atoms with Gasteiger partial charge in [-0.2, -0.15) is 0 Å². The lowest BCUT2D eigenvalue weighted by Crippen LogP contribution is -2.22. The third-order valence-corrected chi connectivity index (χ3v) is 4.61. The standard InChI is InChI=1S/C17H20ClNS/c1-12(2)19-11-14-10-13(3)8-9-16(14)20-17-7-5-4-6-15(17)18/h4-10,12,19H,11H2,1-3H3. The Morgan fingerprint density at radius 2 is 1.85 bits per heavy atom. The van der Waals surface area contributed by atoms with Crippen LogP contribution in [0.3, 0.4) is 0 Å². The average Bonchev–Trinajstić information content (AvgIpc) is 2.41. The molecule has 3 heteroatoms. The van der Waals surface area contributed by atoms with Crippen molar-refractivity contribution in [2.24, 2.45) is 0 Å². The molecule has 0 saturated heterocycles. The smallest absolute Gasteiger partial charge is 0.0545 e. The maximum Gasteiger partial charge on any atom is 0.0545 e. The van der Waals surface area contributed by atoms with E-state index < -0.39 is 0 Å². The lowest BCUT2D eigenvalue weighted by Gasteiger charge is -2.14. The van der Waals surface area contributed by atoms with Crippen molar-refractivity contribution in [3.05, 3.63) is 58.6 Å². The van der Waals surface area contributed by atoms with Gasteiger partial charge >= 0.3 is 0 Å². The van der Waals surface area contributed by atoms with E-state index >= 15 is 0 Å². The molecule has 0 aliphatic rings. The maximum atomic E-state index is 6.25. The molecule has 2 aromatic rings. The second-order valence-corrected chi connectivity index (χ2v) is 6.67. The summed E-state index contributed by atoms with van der Waals surface area (Å²) in [4.78, 5) is 2.36. The molecule has 0 radical (unpaired) electrons. The van der Waals surface area contributed by atoms with Crippen molar-refractivity contribution in [2.75, 3.05) is 0 Å². The van der Waals surface area contributed by atoms with Crippen LogP contribution in [0.5, 0.6) is 0 Å². The van der Waals surface area contributed by atoms with E-state index in [1.54, 1.807) is 11.8 Å². The highest BCUT2D eigenvalue weighted by Gasteiger charge is 2.08. The predicted molar refractivity (Wildman–Crippen MR) is 88.7 cm³/mol. The normalized spacial score (nSPS) is 11.1. The third-order valence-electron chi connectivity index (χ3n) is 2.97. The minimum absolute atomic E-state index is 0.480. The summed E-state index contributed by atoms with van der Waals surface area (Å²) in [5, 5.41) is 4.29. The van der Waals surface area contributed by atoms with Crippen LogP contribution >= 0.6 is 23.4 Å². The monoisotopic (exact) mass is 305 g/mol. The lowest BCUT2D eigenvalue weighted by molar-refractivity contribution is 0.584. The van der Waals surface area contributed by atoms with E-state index in [0.717, 1.165) is 16.5 Å². The van der Waals surface area contributed by atoms with Crippen LogP contribution in [0.1, 0.15) is 25.0 Å². The molecule has 2 rings (SSSR count). The second kappa shape index (κ2) is 7.16. The fourth-order valence-electron chi connectivity index (χ4n) is 1.91. The number of benzene rings is 2. The van der Waals surface area contributed by atoms with Crippen molar-refractivity contribution in [2.45, 2.75) is 43.1 Å². The summed E-state index contributed by atoms with van der Waals surface area (Å²) in [7, 11) is 0. The van der Waals surface area contributed by atoms with Crippen LogP contribution in [0, 0.1) is 6.92 Å². The summed E-state index contributed by atoms with van der Waals surface area (Å²) in [6.45, 7) is 7.34. The molecule has 0 aliphatic heterocycles. The van der Waals surface area contributed by atoms with Gasteiger partial charge in [0, 0.05) is 22.4 Å². The van der Waals surface area contributed by atoms with E-state index in [2.05, 4.69) is 50.4 Å². The zero-order valence-corrected chi connectivity index (χ0v) is 13.7. The topological polar surface area (TPSA) is 12.0 Å². The Hall–Kier alpha value is -0.960. The quantitative estimate of drug-likeness (QED) is 0.804. The van der Waals surface area contributed by atoms with E-state index in [4.69, 9.17) is 11.6 Å². The number of rotatable bonds is 5. The van der Waals surface area contributed by atoms with Crippen molar-refractivity contribution in [1.82, 2.24) is 5.32 Å². The molecular weight excluding hydrogens is 286 g/mol. The summed E-state index contributed by atoms with van der Waals surface area (Å²) in [6.07, 6.45) is 0. The first-order chi connectivity index (χ1) is 9.56. The van der Waals surface area contributed by atoms with Gasteiger partial charge in [-0.25, -0.2) is 0 Å². The van der Waals surface area contributed by atoms with E-state index in [0.29, 0.717) is 6.04 Å². The Morgan fingerprint density at radius 3 is 2.55 bits per heavy atom. The van der Waals surface area contributed by atoms with Crippen LogP contribution in [0.15, 0.2) is 52.3 Å². The molecule has 0 aromatic heterocycles. The number of aryl methyl sites for hydroxylation is 1. The minimum atomic E-state index is 0.480. The van der Waals surface area contributed by atoms with E-state index in [1.807, 2.05) is 18.2 Å². The molecule has 0 atom stereocenters. The van der Waals surface area contributed by atoms with Gasteiger partial charge in [0.05, 0.1) is 5.02 Å². The van der Waals surface area contributed by atoms with Gasteiger partial charge in [-0.3, -0.25) is 0 Å². The van der Waals surface area contributed by atoms with Gasteiger partial charge in [-0.15, -0.1) is 0 Å². The summed E-state index contributed by atoms with van der Waals surface area (Å²) in [5.41, 5.74) is 2.61. The summed E-state index contributed by atoms with van der Waals surface area (Å²) in [5.74, 6) is 0. The van der Waals surface area contributed by atoms with Crippen LogP contribution in [0.4, 0.5) is 0 Å². The molecule has 0 fully saturated rings. The highest BCUT2D eigenvalue weighted by Crippen LogP contribution is 2.35. The van der Waals surface area contributed by atoms with Crippen LogP contribution in [0.25, 0.3) is 0 Å². The van der Waals surface area contributed by atoms with Crippen LogP contribution < -0.4 is 5.32 Å². The second-order valence-electron chi connectivity index (χ2n) is 5.18. The van der Waals surface area contributed by atoms with Crippen LogP contribution in [-0.4, -0.2) is 6.04 Å². The number of hydrogen-bond acceptors (Lipinski definition) is 2. The Labute approximate surface area is 130 Å². The molecule has 1 nitrogen and oxygen atoms in total. The summed E-state index contributed by atoms with van der Waals surface area (Å²) < 4.78 is 0. The van der Waals surface area contributed by atoms with Gasteiger partial charge in [0.1, 0.15) is 0 Å². The highest BCUT2D eigenvalue weighted by atomic mass is 35.5. The largest absolute Gasteiger partial charge is 0.310 e. The molecule has 0 bridgehead atoms. The first-order valence-electron chi connectivity index (χ1n) is 6.81. The zero-order valence-electron chi connectivity index (χ0n) is 12.1. The van der Waals surface area contributed by atoms with Crippen molar-refractivity contribution in [3.8, 4) is 0 Å². The molecule has 0 amide bonds. The SMILES string of the molecule is Cc1ccc(Sc2ccccc2Cl)c(CNC(C)C)c1. The first-order valence-corrected chi connectivity index (χ1v) is 8.01. The lowest BCUT2D eigenvalue weighted by atomic mass is 10.1. The molecule has 0 heterocycles. The highest BCUT2D eigenvalue weighted by molar-refractivity contribution is 7.99. The first kappa shape index (κ1) is 15.4. The molecular formula is C17H20ClNS. The van der Waals surface area contributed by atoms with Gasteiger partial charge in [0.25, 0.3) is 0 Å². The van der Waals surface area contributed by atoms with Gasteiger partial charge in [0.15, 0.2) is 0 Å². The fraction of sp³-hybridized carbons (Fsp3) is 0.294. The maximum absolute atomic E-state index is 6.25. The molecule has 0 aliphatic carbocycles. The molecule has 0 saturated carbocycles. The van der Waals surface area contributed by atoms with E-state index in [1.165, 1.54) is 16.0 Å². The third kappa shape index (κ3) is 4.27. The van der Waals surface area contributed by atoms with E-state index in [-0.39, 0.29) is 0 Å².